The highest BCUT2D eigenvalue weighted by Crippen LogP contribution is 2.31. The molecule has 0 spiro atoms. The molecule has 0 aromatic heterocycles. The van der Waals surface area contributed by atoms with Crippen molar-refractivity contribution in [3.8, 4) is 5.75 Å². The second kappa shape index (κ2) is 5.35. The molecule has 1 heterocycles. The summed E-state index contributed by atoms with van der Waals surface area (Å²) in [7, 11) is 0. The van der Waals surface area contributed by atoms with E-state index < -0.39 is 5.97 Å². The van der Waals surface area contributed by atoms with Gasteiger partial charge in [-0.2, -0.15) is 0 Å². The van der Waals surface area contributed by atoms with E-state index in [0.717, 1.165) is 11.3 Å². The first-order valence-corrected chi connectivity index (χ1v) is 6.51. The Kier molecular flexibility index (Phi) is 3.39. The van der Waals surface area contributed by atoms with Crippen LogP contribution in [-0.4, -0.2) is 17.7 Å². The van der Waals surface area contributed by atoms with Crippen LogP contribution >= 0.6 is 0 Å². The molecular formula is C16H15NO3. The average Bonchev–Trinajstić information content (AvgIpc) is 2.89. The van der Waals surface area contributed by atoms with Gasteiger partial charge in [-0.05, 0) is 23.8 Å². The van der Waals surface area contributed by atoms with E-state index in [-0.39, 0.29) is 6.04 Å². The van der Waals surface area contributed by atoms with Crippen molar-refractivity contribution in [2.75, 3.05) is 6.61 Å². The van der Waals surface area contributed by atoms with Crippen molar-refractivity contribution in [2.24, 2.45) is 0 Å². The Morgan fingerprint density at radius 2 is 1.95 bits per heavy atom. The molecule has 20 heavy (non-hydrogen) atoms. The smallest absolute Gasteiger partial charge is 0.335 e. The summed E-state index contributed by atoms with van der Waals surface area (Å²) >= 11 is 0. The predicted molar refractivity (Wildman–Crippen MR) is 74.9 cm³/mol. The van der Waals surface area contributed by atoms with Crippen LogP contribution < -0.4 is 10.1 Å². The van der Waals surface area contributed by atoms with E-state index in [1.807, 2.05) is 30.3 Å². The minimum absolute atomic E-state index is 0.186. The zero-order valence-electron chi connectivity index (χ0n) is 10.9. The van der Waals surface area contributed by atoms with Crippen LogP contribution in [0.4, 0.5) is 0 Å². The van der Waals surface area contributed by atoms with Crippen LogP contribution in [0, 0.1) is 0 Å². The SMILES string of the molecule is O=C(O)c1ccc(CNC2COc3ccccc32)cc1. The lowest BCUT2D eigenvalue weighted by Gasteiger charge is -2.11. The lowest BCUT2D eigenvalue weighted by atomic mass is 10.1. The van der Waals surface area contributed by atoms with Gasteiger partial charge < -0.3 is 15.2 Å². The maximum Gasteiger partial charge on any atom is 0.335 e. The molecule has 0 fully saturated rings. The summed E-state index contributed by atoms with van der Waals surface area (Å²) in [6, 6.07) is 15.1. The minimum Gasteiger partial charge on any atom is -0.491 e. The molecule has 0 amide bonds. The van der Waals surface area contributed by atoms with E-state index in [1.165, 1.54) is 5.56 Å². The minimum atomic E-state index is -0.900. The van der Waals surface area contributed by atoms with Gasteiger partial charge in [-0.3, -0.25) is 0 Å². The Labute approximate surface area is 117 Å². The maximum absolute atomic E-state index is 10.8. The number of fused-ring (bicyclic) bond motifs is 1. The fraction of sp³-hybridized carbons (Fsp3) is 0.188. The van der Waals surface area contributed by atoms with Gasteiger partial charge in [0.25, 0.3) is 0 Å². The quantitative estimate of drug-likeness (QED) is 0.895. The van der Waals surface area contributed by atoms with Crippen LogP contribution in [0.5, 0.6) is 5.75 Å². The Morgan fingerprint density at radius 1 is 1.20 bits per heavy atom. The fourth-order valence-electron chi connectivity index (χ4n) is 2.34. The normalized spacial score (nSPS) is 16.5. The van der Waals surface area contributed by atoms with Gasteiger partial charge >= 0.3 is 5.97 Å². The van der Waals surface area contributed by atoms with Crippen molar-refractivity contribution in [1.82, 2.24) is 5.32 Å². The number of ether oxygens (including phenoxy) is 1. The van der Waals surface area contributed by atoms with Gasteiger partial charge in [0.05, 0.1) is 11.6 Å². The number of carboxylic acid groups (broad SMARTS) is 1. The third kappa shape index (κ3) is 2.51. The largest absolute Gasteiger partial charge is 0.491 e. The Hall–Kier alpha value is -2.33. The van der Waals surface area contributed by atoms with Crippen molar-refractivity contribution in [1.29, 1.82) is 0 Å². The lowest BCUT2D eigenvalue weighted by molar-refractivity contribution is 0.0697. The molecule has 0 bridgehead atoms. The van der Waals surface area contributed by atoms with E-state index in [1.54, 1.807) is 12.1 Å². The van der Waals surface area contributed by atoms with Crippen LogP contribution in [0.15, 0.2) is 48.5 Å². The molecule has 4 nitrogen and oxygen atoms in total. The fourth-order valence-corrected chi connectivity index (χ4v) is 2.34. The monoisotopic (exact) mass is 269 g/mol. The van der Waals surface area contributed by atoms with Gasteiger partial charge in [-0.15, -0.1) is 0 Å². The summed E-state index contributed by atoms with van der Waals surface area (Å²) in [6.45, 7) is 1.31. The number of benzene rings is 2. The van der Waals surface area contributed by atoms with Gasteiger partial charge in [0.2, 0.25) is 0 Å². The lowest BCUT2D eigenvalue weighted by Crippen LogP contribution is -2.21. The molecule has 1 aliphatic heterocycles. The van der Waals surface area contributed by atoms with E-state index >= 15 is 0 Å². The van der Waals surface area contributed by atoms with Gasteiger partial charge in [-0.1, -0.05) is 30.3 Å². The molecule has 1 atom stereocenters. The number of carbonyl (C=O) groups is 1. The van der Waals surface area contributed by atoms with Crippen molar-refractivity contribution in [2.45, 2.75) is 12.6 Å². The summed E-state index contributed by atoms with van der Waals surface area (Å²) in [4.78, 5) is 10.8. The van der Waals surface area contributed by atoms with Crippen molar-refractivity contribution < 1.29 is 14.6 Å². The standard InChI is InChI=1S/C16H15NO3/c18-16(19)12-7-5-11(6-8-12)9-17-14-10-20-15-4-2-1-3-13(14)15/h1-8,14,17H,9-10H2,(H,18,19). The third-order valence-electron chi connectivity index (χ3n) is 3.45. The number of nitrogens with one attached hydrogen (secondary N) is 1. The van der Waals surface area contributed by atoms with Crippen LogP contribution in [0.2, 0.25) is 0 Å². The summed E-state index contributed by atoms with van der Waals surface area (Å²) in [5.74, 6) is 0.0360. The van der Waals surface area contributed by atoms with Crippen LogP contribution in [0.25, 0.3) is 0 Å². The molecule has 4 heteroatoms. The molecule has 1 unspecified atom stereocenters. The average molecular weight is 269 g/mol. The van der Waals surface area contributed by atoms with Crippen LogP contribution in [-0.2, 0) is 6.54 Å². The topological polar surface area (TPSA) is 58.6 Å². The van der Waals surface area contributed by atoms with E-state index in [4.69, 9.17) is 9.84 Å². The molecule has 2 aromatic carbocycles. The first-order valence-electron chi connectivity index (χ1n) is 6.51. The Morgan fingerprint density at radius 3 is 2.70 bits per heavy atom. The molecule has 3 rings (SSSR count). The van der Waals surface area contributed by atoms with Gasteiger partial charge in [0.15, 0.2) is 0 Å². The van der Waals surface area contributed by atoms with Crippen LogP contribution in [0.1, 0.15) is 27.5 Å². The number of rotatable bonds is 4. The molecule has 0 radical (unpaired) electrons. The predicted octanol–water partition coefficient (Wildman–Crippen LogP) is 2.61. The van der Waals surface area contributed by atoms with E-state index in [0.29, 0.717) is 18.7 Å². The maximum atomic E-state index is 10.8. The molecule has 2 aromatic rings. The number of aromatic carboxylic acids is 1. The second-order valence-electron chi connectivity index (χ2n) is 4.78. The van der Waals surface area contributed by atoms with Gasteiger partial charge in [0, 0.05) is 12.1 Å². The highest BCUT2D eigenvalue weighted by atomic mass is 16.5. The van der Waals surface area contributed by atoms with Crippen LogP contribution in [0.3, 0.4) is 0 Å². The van der Waals surface area contributed by atoms with Gasteiger partial charge in [0.1, 0.15) is 12.4 Å². The zero-order valence-corrected chi connectivity index (χ0v) is 10.9. The molecule has 0 saturated heterocycles. The second-order valence-corrected chi connectivity index (χ2v) is 4.78. The molecule has 2 N–H and O–H groups in total. The number of hydrogen-bond acceptors (Lipinski definition) is 3. The highest BCUT2D eigenvalue weighted by molar-refractivity contribution is 5.87. The Bertz CT molecular complexity index is 622. The summed E-state index contributed by atoms with van der Waals surface area (Å²) in [6.07, 6.45) is 0. The molecule has 0 aliphatic carbocycles. The number of para-hydroxylation sites is 1. The van der Waals surface area contributed by atoms with Gasteiger partial charge in [-0.25, -0.2) is 4.79 Å². The first kappa shape index (κ1) is 12.7. The van der Waals surface area contributed by atoms with E-state index in [9.17, 15) is 4.79 Å². The molecular weight excluding hydrogens is 254 g/mol. The van der Waals surface area contributed by atoms with Crippen molar-refractivity contribution in [3.63, 3.8) is 0 Å². The number of carboxylic acids is 1. The summed E-state index contributed by atoms with van der Waals surface area (Å²) < 4.78 is 5.61. The van der Waals surface area contributed by atoms with Crippen molar-refractivity contribution >= 4 is 5.97 Å². The molecule has 1 aliphatic rings. The zero-order chi connectivity index (χ0) is 13.9. The molecule has 0 saturated carbocycles. The highest BCUT2D eigenvalue weighted by Gasteiger charge is 2.22. The van der Waals surface area contributed by atoms with Crippen molar-refractivity contribution in [3.05, 3.63) is 65.2 Å². The Balaban J connectivity index is 1.64. The number of hydrogen-bond donors (Lipinski definition) is 2. The molecule has 102 valence electrons. The van der Waals surface area contributed by atoms with E-state index in [2.05, 4.69) is 11.4 Å². The summed E-state index contributed by atoms with van der Waals surface area (Å²) in [5.41, 5.74) is 2.54. The first-order chi connectivity index (χ1) is 9.74. The summed E-state index contributed by atoms with van der Waals surface area (Å²) in [5, 5.41) is 12.3. The third-order valence-corrected chi connectivity index (χ3v) is 3.45.